The van der Waals surface area contributed by atoms with Crippen molar-refractivity contribution in [1.29, 1.82) is 0 Å². The van der Waals surface area contributed by atoms with Crippen LogP contribution in [0.1, 0.15) is 10.4 Å². The van der Waals surface area contributed by atoms with Crippen molar-refractivity contribution in [3.8, 4) is 22.6 Å². The van der Waals surface area contributed by atoms with E-state index in [2.05, 4.69) is 5.32 Å². The number of ether oxygens (including phenoxy) is 2. The van der Waals surface area contributed by atoms with E-state index >= 15 is 0 Å². The molecular weight excluding hydrogens is 416 g/mol. The number of hydrogen-bond acceptors (Lipinski definition) is 5. The Bertz CT molecular complexity index is 1190. The lowest BCUT2D eigenvalue weighted by Gasteiger charge is -2.22. The number of rotatable bonds is 7. The molecule has 3 rings (SSSR count). The molecule has 0 aliphatic carbocycles. The molecule has 162 valence electrons. The van der Waals surface area contributed by atoms with Gasteiger partial charge in [-0.25, -0.2) is 8.42 Å². The summed E-state index contributed by atoms with van der Waals surface area (Å²) in [6, 6.07) is 19.7. The van der Waals surface area contributed by atoms with Crippen molar-refractivity contribution in [2.24, 2.45) is 0 Å². The lowest BCUT2D eigenvalue weighted by atomic mass is 10.0. The molecule has 0 bridgehead atoms. The van der Waals surface area contributed by atoms with Crippen LogP contribution in [0.25, 0.3) is 11.1 Å². The number of amides is 1. The molecule has 1 amide bonds. The Hall–Kier alpha value is -3.52. The minimum atomic E-state index is -3.54. The van der Waals surface area contributed by atoms with Gasteiger partial charge in [0.15, 0.2) is 0 Å². The van der Waals surface area contributed by atoms with E-state index in [4.69, 9.17) is 9.47 Å². The van der Waals surface area contributed by atoms with Gasteiger partial charge in [0.05, 0.1) is 37.4 Å². The molecule has 0 spiro atoms. The number of nitrogens with zero attached hydrogens (tertiary/aromatic N) is 1. The first-order chi connectivity index (χ1) is 14.7. The van der Waals surface area contributed by atoms with Gasteiger partial charge in [-0.3, -0.25) is 9.10 Å². The molecule has 8 heteroatoms. The van der Waals surface area contributed by atoms with Gasteiger partial charge in [-0.15, -0.1) is 0 Å². The molecule has 0 fully saturated rings. The first-order valence-electron chi connectivity index (χ1n) is 9.41. The van der Waals surface area contributed by atoms with Gasteiger partial charge in [0, 0.05) is 13.1 Å². The summed E-state index contributed by atoms with van der Waals surface area (Å²) in [5.41, 5.74) is 2.78. The fourth-order valence-electron chi connectivity index (χ4n) is 3.08. The summed E-state index contributed by atoms with van der Waals surface area (Å²) in [6.45, 7) is 0. The van der Waals surface area contributed by atoms with Crippen LogP contribution >= 0.6 is 0 Å². The summed E-state index contributed by atoms with van der Waals surface area (Å²) in [5, 5.41) is 2.84. The van der Waals surface area contributed by atoms with E-state index in [9.17, 15) is 13.2 Å². The summed E-state index contributed by atoms with van der Waals surface area (Å²) in [4.78, 5) is 13.1. The highest BCUT2D eigenvalue weighted by atomic mass is 32.2. The first kappa shape index (κ1) is 22.2. The van der Waals surface area contributed by atoms with Gasteiger partial charge in [0.2, 0.25) is 10.0 Å². The lowest BCUT2D eigenvalue weighted by molar-refractivity contribution is 0.102. The van der Waals surface area contributed by atoms with E-state index in [1.165, 1.54) is 21.3 Å². The van der Waals surface area contributed by atoms with Crippen molar-refractivity contribution < 1.29 is 22.7 Å². The lowest BCUT2D eigenvalue weighted by Crippen LogP contribution is -2.26. The highest BCUT2D eigenvalue weighted by Gasteiger charge is 2.20. The Kier molecular flexibility index (Phi) is 6.50. The Morgan fingerprint density at radius 2 is 1.61 bits per heavy atom. The molecular formula is C23H24N2O5S. The van der Waals surface area contributed by atoms with Gasteiger partial charge >= 0.3 is 0 Å². The average Bonchev–Trinajstić information content (AvgIpc) is 2.78. The molecule has 0 radical (unpaired) electrons. The number of carbonyl (C=O) groups excluding carboxylic acids is 1. The first-order valence-corrected chi connectivity index (χ1v) is 11.3. The summed E-state index contributed by atoms with van der Waals surface area (Å²) in [6.07, 6.45) is 1.11. The maximum Gasteiger partial charge on any atom is 0.259 e. The number of methoxy groups -OCH3 is 2. The molecule has 0 saturated carbocycles. The fraction of sp³-hybridized carbons (Fsp3) is 0.174. The van der Waals surface area contributed by atoms with E-state index in [0.717, 1.165) is 21.7 Å². The second-order valence-corrected chi connectivity index (χ2v) is 8.86. The highest BCUT2D eigenvalue weighted by molar-refractivity contribution is 7.92. The van der Waals surface area contributed by atoms with Gasteiger partial charge < -0.3 is 14.8 Å². The van der Waals surface area contributed by atoms with Gasteiger partial charge in [-0.05, 0) is 35.4 Å². The molecule has 0 heterocycles. The van der Waals surface area contributed by atoms with E-state index in [-0.39, 0.29) is 0 Å². The molecule has 0 saturated heterocycles. The second-order valence-electron chi connectivity index (χ2n) is 6.85. The van der Waals surface area contributed by atoms with Crippen molar-refractivity contribution in [3.05, 3.63) is 72.3 Å². The number of benzene rings is 3. The monoisotopic (exact) mass is 440 g/mol. The zero-order chi connectivity index (χ0) is 22.6. The molecule has 0 aromatic heterocycles. The largest absolute Gasteiger partial charge is 0.497 e. The zero-order valence-corrected chi connectivity index (χ0v) is 18.6. The Morgan fingerprint density at radius 3 is 2.23 bits per heavy atom. The number of anilines is 2. The Labute approximate surface area is 182 Å². The molecule has 3 aromatic carbocycles. The quantitative estimate of drug-likeness (QED) is 0.600. The van der Waals surface area contributed by atoms with E-state index in [1.54, 1.807) is 30.3 Å². The minimum absolute atomic E-state index is 0.293. The van der Waals surface area contributed by atoms with Crippen LogP contribution < -0.4 is 19.1 Å². The van der Waals surface area contributed by atoms with Crippen molar-refractivity contribution in [2.45, 2.75) is 0 Å². The van der Waals surface area contributed by atoms with Gasteiger partial charge in [0.25, 0.3) is 5.91 Å². The van der Waals surface area contributed by atoms with Crippen molar-refractivity contribution in [1.82, 2.24) is 0 Å². The fourth-order valence-corrected chi connectivity index (χ4v) is 3.59. The zero-order valence-electron chi connectivity index (χ0n) is 17.7. The van der Waals surface area contributed by atoms with E-state index < -0.39 is 15.9 Å². The molecule has 31 heavy (non-hydrogen) atoms. The van der Waals surface area contributed by atoms with Crippen LogP contribution in [-0.4, -0.2) is 41.8 Å². The van der Waals surface area contributed by atoms with Crippen molar-refractivity contribution >= 4 is 27.3 Å². The SMILES string of the molecule is COc1ccc(C(=O)Nc2cc(-c3ccccc3)ccc2N(C)S(C)(=O)=O)c(OC)c1. The third kappa shape index (κ3) is 4.97. The number of nitrogens with one attached hydrogen (secondary N) is 1. The third-order valence-electron chi connectivity index (χ3n) is 4.84. The van der Waals surface area contributed by atoms with Crippen LogP contribution in [0.2, 0.25) is 0 Å². The Morgan fingerprint density at radius 1 is 0.903 bits per heavy atom. The topological polar surface area (TPSA) is 84.9 Å². The summed E-state index contributed by atoms with van der Waals surface area (Å²) >= 11 is 0. The molecule has 1 N–H and O–H groups in total. The number of hydrogen-bond donors (Lipinski definition) is 1. The Balaban J connectivity index is 2.06. The number of sulfonamides is 1. The van der Waals surface area contributed by atoms with Crippen molar-refractivity contribution in [2.75, 3.05) is 37.1 Å². The molecule has 0 unspecified atom stereocenters. The highest BCUT2D eigenvalue weighted by Crippen LogP contribution is 2.33. The van der Waals surface area contributed by atoms with Crippen LogP contribution in [0.5, 0.6) is 11.5 Å². The van der Waals surface area contributed by atoms with Crippen LogP contribution in [0, 0.1) is 0 Å². The van der Waals surface area contributed by atoms with Crippen molar-refractivity contribution in [3.63, 3.8) is 0 Å². The summed E-state index contributed by atoms with van der Waals surface area (Å²) < 4.78 is 35.9. The molecule has 0 atom stereocenters. The average molecular weight is 441 g/mol. The standard InChI is InChI=1S/C23H24N2O5S/c1-25(31(4,27)28)21-13-10-17(16-8-6-5-7-9-16)14-20(21)24-23(26)19-12-11-18(29-2)15-22(19)30-3/h5-15H,1-4H3,(H,24,26). The summed E-state index contributed by atoms with van der Waals surface area (Å²) in [7, 11) is 0.891. The molecule has 3 aromatic rings. The number of carbonyl (C=O) groups is 1. The smallest absolute Gasteiger partial charge is 0.259 e. The van der Waals surface area contributed by atoms with E-state index in [0.29, 0.717) is 28.4 Å². The summed E-state index contributed by atoms with van der Waals surface area (Å²) in [5.74, 6) is 0.457. The van der Waals surface area contributed by atoms with Crippen LogP contribution in [0.15, 0.2) is 66.7 Å². The normalized spacial score (nSPS) is 11.0. The maximum atomic E-state index is 13.1. The van der Waals surface area contributed by atoms with Gasteiger partial charge in [0.1, 0.15) is 11.5 Å². The van der Waals surface area contributed by atoms with Crippen LogP contribution in [0.4, 0.5) is 11.4 Å². The second kappa shape index (κ2) is 9.09. The van der Waals surface area contributed by atoms with Gasteiger partial charge in [-0.2, -0.15) is 0 Å². The molecule has 7 nitrogen and oxygen atoms in total. The van der Waals surface area contributed by atoms with E-state index in [1.807, 2.05) is 36.4 Å². The maximum absolute atomic E-state index is 13.1. The molecule has 0 aliphatic heterocycles. The van der Waals surface area contributed by atoms with Crippen LogP contribution in [0.3, 0.4) is 0 Å². The van der Waals surface area contributed by atoms with Crippen LogP contribution in [-0.2, 0) is 10.0 Å². The molecule has 0 aliphatic rings. The third-order valence-corrected chi connectivity index (χ3v) is 6.03. The minimum Gasteiger partial charge on any atom is -0.497 e. The predicted molar refractivity (Wildman–Crippen MR) is 123 cm³/mol. The van der Waals surface area contributed by atoms with Gasteiger partial charge in [-0.1, -0.05) is 36.4 Å². The predicted octanol–water partition coefficient (Wildman–Crippen LogP) is 4.02.